The molecule has 0 radical (unpaired) electrons. The van der Waals surface area contributed by atoms with Gasteiger partial charge in [0.1, 0.15) is 5.82 Å². The number of hydrogen-bond acceptors (Lipinski definition) is 3. The molecule has 1 unspecified atom stereocenters. The Morgan fingerprint density at radius 1 is 1.59 bits per heavy atom. The fraction of sp³-hybridized carbons (Fsp3) is 0.417. The molecule has 1 aromatic rings. The van der Waals surface area contributed by atoms with Gasteiger partial charge in [-0.25, -0.2) is 4.39 Å². The van der Waals surface area contributed by atoms with Crippen LogP contribution in [0.3, 0.4) is 0 Å². The number of nitrogens with zero attached hydrogens (tertiary/aromatic N) is 1. The first-order chi connectivity index (χ1) is 8.19. The van der Waals surface area contributed by atoms with Crippen molar-refractivity contribution in [3.8, 4) is 0 Å². The van der Waals surface area contributed by atoms with Crippen LogP contribution in [-0.2, 0) is 0 Å². The summed E-state index contributed by atoms with van der Waals surface area (Å²) in [4.78, 5) is 4.43. The molecule has 0 amide bonds. The molecule has 17 heavy (non-hydrogen) atoms. The van der Waals surface area contributed by atoms with Crippen molar-refractivity contribution in [1.82, 2.24) is 0 Å². The lowest BCUT2D eigenvalue weighted by Crippen LogP contribution is -2.08. The summed E-state index contributed by atoms with van der Waals surface area (Å²) in [7, 11) is 0. The summed E-state index contributed by atoms with van der Waals surface area (Å²) in [6.07, 6.45) is 2.34. The Hall–Kier alpha value is -0.550. The second-order valence-corrected chi connectivity index (χ2v) is 6.07. The van der Waals surface area contributed by atoms with Gasteiger partial charge in [-0.05, 0) is 40.5 Å². The van der Waals surface area contributed by atoms with Crippen molar-refractivity contribution in [2.75, 3.05) is 11.9 Å². The lowest BCUT2D eigenvalue weighted by Gasteiger charge is -2.09. The van der Waals surface area contributed by atoms with E-state index >= 15 is 0 Å². The van der Waals surface area contributed by atoms with Crippen LogP contribution >= 0.6 is 27.7 Å². The van der Waals surface area contributed by atoms with E-state index < -0.39 is 0 Å². The highest BCUT2D eigenvalue weighted by Gasteiger charge is 2.19. The second-order valence-electron chi connectivity index (χ2n) is 3.92. The average molecular weight is 317 g/mol. The van der Waals surface area contributed by atoms with Crippen LogP contribution in [0.1, 0.15) is 19.8 Å². The first-order valence-electron chi connectivity index (χ1n) is 5.62. The van der Waals surface area contributed by atoms with Gasteiger partial charge in [0.25, 0.3) is 0 Å². The largest absolute Gasteiger partial charge is 0.334 e. The van der Waals surface area contributed by atoms with Gasteiger partial charge < -0.3 is 5.32 Å². The van der Waals surface area contributed by atoms with E-state index in [4.69, 9.17) is 0 Å². The molecule has 0 fully saturated rings. The SMILES string of the molecule is CCCC1CN=C(Nc2cc(F)ccc2Br)S1. The minimum atomic E-state index is -0.246. The Balaban J connectivity index is 2.00. The maximum Gasteiger partial charge on any atom is 0.161 e. The minimum absolute atomic E-state index is 0.246. The van der Waals surface area contributed by atoms with E-state index in [2.05, 4.69) is 33.2 Å². The molecule has 2 nitrogen and oxygen atoms in total. The summed E-state index contributed by atoms with van der Waals surface area (Å²) in [5.74, 6) is -0.246. The van der Waals surface area contributed by atoms with E-state index in [0.717, 1.165) is 21.9 Å². The molecular formula is C12H14BrFN2S. The van der Waals surface area contributed by atoms with Crippen molar-refractivity contribution in [1.29, 1.82) is 0 Å². The van der Waals surface area contributed by atoms with Crippen LogP contribution < -0.4 is 5.32 Å². The van der Waals surface area contributed by atoms with Crippen molar-refractivity contribution in [2.24, 2.45) is 4.99 Å². The Labute approximate surface area is 113 Å². The van der Waals surface area contributed by atoms with Crippen LogP contribution in [0.4, 0.5) is 10.1 Å². The number of anilines is 1. The molecule has 1 aliphatic heterocycles. The highest BCUT2D eigenvalue weighted by atomic mass is 79.9. The maximum atomic E-state index is 13.1. The molecule has 0 aliphatic carbocycles. The summed E-state index contributed by atoms with van der Waals surface area (Å²) >= 11 is 5.13. The topological polar surface area (TPSA) is 24.4 Å². The molecule has 92 valence electrons. The van der Waals surface area contributed by atoms with Crippen LogP contribution in [0.2, 0.25) is 0 Å². The van der Waals surface area contributed by atoms with Crippen molar-refractivity contribution in [3.63, 3.8) is 0 Å². The van der Waals surface area contributed by atoms with Gasteiger partial charge in [-0.15, -0.1) is 0 Å². The zero-order valence-electron chi connectivity index (χ0n) is 9.54. The fourth-order valence-corrected chi connectivity index (χ4v) is 3.15. The molecule has 0 aromatic heterocycles. The standard InChI is InChI=1S/C12H14BrFN2S/c1-2-3-9-7-15-12(17-9)16-11-6-8(14)4-5-10(11)13/h4-6,9H,2-3,7H2,1H3,(H,15,16). The van der Waals surface area contributed by atoms with E-state index in [-0.39, 0.29) is 5.82 Å². The Morgan fingerprint density at radius 2 is 2.41 bits per heavy atom. The first kappa shape index (κ1) is 12.9. The zero-order chi connectivity index (χ0) is 12.3. The van der Waals surface area contributed by atoms with E-state index in [1.165, 1.54) is 25.0 Å². The first-order valence-corrected chi connectivity index (χ1v) is 7.29. The van der Waals surface area contributed by atoms with Gasteiger partial charge in [0, 0.05) is 9.72 Å². The summed E-state index contributed by atoms with van der Waals surface area (Å²) < 4.78 is 14.0. The third-order valence-corrected chi connectivity index (χ3v) is 4.36. The molecule has 1 N–H and O–H groups in total. The van der Waals surface area contributed by atoms with E-state index in [0.29, 0.717) is 5.25 Å². The van der Waals surface area contributed by atoms with E-state index in [9.17, 15) is 4.39 Å². The molecule has 1 atom stereocenters. The van der Waals surface area contributed by atoms with Gasteiger partial charge >= 0.3 is 0 Å². The monoisotopic (exact) mass is 316 g/mol. The van der Waals surface area contributed by atoms with Gasteiger partial charge in [-0.1, -0.05) is 25.1 Å². The van der Waals surface area contributed by atoms with Gasteiger partial charge in [-0.2, -0.15) is 0 Å². The Kier molecular flexibility index (Phi) is 4.45. The summed E-state index contributed by atoms with van der Waals surface area (Å²) in [5.41, 5.74) is 0.730. The molecule has 1 heterocycles. The highest BCUT2D eigenvalue weighted by Crippen LogP contribution is 2.29. The van der Waals surface area contributed by atoms with Crippen LogP contribution in [0, 0.1) is 5.82 Å². The smallest absolute Gasteiger partial charge is 0.161 e. The number of thioether (sulfide) groups is 1. The molecular weight excluding hydrogens is 303 g/mol. The number of hydrogen-bond donors (Lipinski definition) is 1. The normalized spacial score (nSPS) is 19.2. The van der Waals surface area contributed by atoms with E-state index in [1.807, 2.05) is 0 Å². The van der Waals surface area contributed by atoms with Gasteiger partial charge in [0.2, 0.25) is 0 Å². The predicted octanol–water partition coefficient (Wildman–Crippen LogP) is 4.27. The number of benzene rings is 1. The van der Waals surface area contributed by atoms with Crippen LogP contribution in [-0.4, -0.2) is 17.0 Å². The summed E-state index contributed by atoms with van der Waals surface area (Å²) in [6.45, 7) is 3.03. The zero-order valence-corrected chi connectivity index (χ0v) is 11.9. The predicted molar refractivity (Wildman–Crippen MR) is 76.3 cm³/mol. The molecule has 2 rings (SSSR count). The third-order valence-electron chi connectivity index (χ3n) is 2.50. The quantitative estimate of drug-likeness (QED) is 0.900. The van der Waals surface area contributed by atoms with Crippen LogP contribution in [0.15, 0.2) is 27.7 Å². The average Bonchev–Trinajstić information content (AvgIpc) is 2.72. The van der Waals surface area contributed by atoms with Crippen LogP contribution in [0.25, 0.3) is 0 Å². The number of rotatable bonds is 3. The molecule has 0 bridgehead atoms. The fourth-order valence-electron chi connectivity index (χ4n) is 1.67. The molecule has 0 saturated heterocycles. The molecule has 5 heteroatoms. The number of nitrogens with one attached hydrogen (secondary N) is 1. The Bertz CT molecular complexity index is 437. The third kappa shape index (κ3) is 3.45. The lowest BCUT2D eigenvalue weighted by molar-refractivity contribution is 0.628. The Morgan fingerprint density at radius 3 is 3.18 bits per heavy atom. The van der Waals surface area contributed by atoms with E-state index in [1.54, 1.807) is 17.8 Å². The summed E-state index contributed by atoms with van der Waals surface area (Å²) in [5, 5.41) is 4.61. The maximum absolute atomic E-state index is 13.1. The van der Waals surface area contributed by atoms with Crippen LogP contribution in [0.5, 0.6) is 0 Å². The van der Waals surface area contributed by atoms with Crippen molar-refractivity contribution < 1.29 is 4.39 Å². The number of aliphatic imine (C=N–C) groups is 1. The summed E-state index contributed by atoms with van der Waals surface area (Å²) in [6, 6.07) is 4.60. The second kappa shape index (κ2) is 5.87. The van der Waals surface area contributed by atoms with Crippen molar-refractivity contribution >= 4 is 38.5 Å². The number of halogens is 2. The van der Waals surface area contributed by atoms with Gasteiger partial charge in [-0.3, -0.25) is 4.99 Å². The molecule has 1 aromatic carbocycles. The van der Waals surface area contributed by atoms with Crippen molar-refractivity contribution in [3.05, 3.63) is 28.5 Å². The lowest BCUT2D eigenvalue weighted by atomic mass is 10.2. The highest BCUT2D eigenvalue weighted by molar-refractivity contribution is 9.10. The molecule has 0 spiro atoms. The minimum Gasteiger partial charge on any atom is -0.334 e. The molecule has 1 aliphatic rings. The number of amidine groups is 1. The van der Waals surface area contributed by atoms with Gasteiger partial charge in [0.05, 0.1) is 12.2 Å². The van der Waals surface area contributed by atoms with Gasteiger partial charge in [0.15, 0.2) is 5.17 Å². The molecule has 0 saturated carbocycles. The van der Waals surface area contributed by atoms with Crippen molar-refractivity contribution in [2.45, 2.75) is 25.0 Å².